The second kappa shape index (κ2) is 2.21. The first-order chi connectivity index (χ1) is 3.93. The molecule has 1 rings (SSSR count). The van der Waals surface area contributed by atoms with Gasteiger partial charge >= 0.3 is 0 Å². The molecule has 8 heavy (non-hydrogen) atoms. The van der Waals surface area contributed by atoms with Crippen molar-refractivity contribution in [2.45, 2.75) is 0 Å². The Balaban J connectivity index is 2.99. The van der Waals surface area contributed by atoms with Crippen LogP contribution in [0.25, 0.3) is 0 Å². The minimum Gasteiger partial charge on any atom is -0.259 e. The van der Waals surface area contributed by atoms with Crippen LogP contribution in [0.3, 0.4) is 0 Å². The Morgan fingerprint density at radius 1 is 1.50 bits per heavy atom. The third kappa shape index (κ3) is 0.904. The number of hydrogen-bond acceptors (Lipinski definition) is 1. The summed E-state index contributed by atoms with van der Waals surface area (Å²) in [4.78, 5) is 3.92. The molecule has 0 aliphatic heterocycles. The first-order valence-electron chi connectivity index (χ1n) is 2.39. The number of nitrogens with zero attached hydrogens (tertiary/aromatic N) is 1. The van der Waals surface area contributed by atoms with Gasteiger partial charge in [-0.3, -0.25) is 10.4 Å². The topological polar surface area (TPSA) is 38.5 Å². The molecule has 0 amide bonds. The fourth-order valence-corrected chi connectivity index (χ4v) is 0.475. The maximum atomic E-state index is 5.16. The molecule has 0 bridgehead atoms. The molecule has 0 atom stereocenters. The van der Waals surface area contributed by atoms with Gasteiger partial charge in [0, 0.05) is 6.20 Å². The van der Waals surface area contributed by atoms with E-state index < -0.39 is 0 Å². The molecule has 0 aliphatic carbocycles. The molecule has 0 aliphatic rings. The van der Waals surface area contributed by atoms with E-state index in [1.807, 2.05) is 18.2 Å². The summed E-state index contributed by atoms with van der Waals surface area (Å²) in [6, 6.07) is 5.60. The summed E-state index contributed by atoms with van der Waals surface area (Å²) in [5.74, 6) is 0. The van der Waals surface area contributed by atoms with Crippen molar-refractivity contribution in [2.24, 2.45) is 0 Å². The van der Waals surface area contributed by atoms with Gasteiger partial charge in [-0.2, -0.15) is 0 Å². The smallest absolute Gasteiger partial charge is 0.186 e. The van der Waals surface area contributed by atoms with Crippen molar-refractivity contribution in [3.05, 3.63) is 30.1 Å². The van der Waals surface area contributed by atoms with E-state index >= 15 is 0 Å². The molecule has 0 aromatic carbocycles. The van der Waals surface area contributed by atoms with E-state index in [4.69, 9.17) is 5.41 Å². The molecule has 0 spiro atoms. The minimum absolute atomic E-state index is 0.813. The lowest BCUT2D eigenvalue weighted by Gasteiger charge is -1.80. The van der Waals surface area contributed by atoms with E-state index in [0.29, 0.717) is 0 Å². The van der Waals surface area contributed by atoms with Crippen molar-refractivity contribution in [3.63, 3.8) is 0 Å². The van der Waals surface area contributed by atoms with Crippen LogP contribution in [0.15, 0.2) is 24.4 Å². The molecule has 2 heteroatoms. The molecule has 0 saturated carbocycles. The van der Waals surface area contributed by atoms with Gasteiger partial charge in [-0.15, -0.1) is 0 Å². The van der Waals surface area contributed by atoms with Crippen molar-refractivity contribution in [1.82, 2.24) is 4.98 Å². The van der Waals surface area contributed by atoms with Crippen LogP contribution < -0.4 is 5.41 Å². The lowest BCUT2D eigenvalue weighted by atomic mass is 10.4. The van der Waals surface area contributed by atoms with Crippen LogP contribution >= 0.6 is 0 Å². The molecule has 2 nitrogen and oxygen atoms in total. The molecule has 0 fully saturated rings. The monoisotopic (exact) mass is 107 g/mol. The van der Waals surface area contributed by atoms with Crippen LogP contribution in [-0.4, -0.2) is 11.2 Å². The summed E-state index contributed by atoms with van der Waals surface area (Å²) in [7, 11) is 0. The third-order valence-electron chi connectivity index (χ3n) is 0.859. The van der Waals surface area contributed by atoms with Crippen molar-refractivity contribution >= 4 is 6.21 Å². The molecule has 0 saturated heterocycles. The fourth-order valence-electron chi connectivity index (χ4n) is 0.475. The Morgan fingerprint density at radius 2 is 2.38 bits per heavy atom. The highest BCUT2D eigenvalue weighted by Crippen LogP contribution is 1.84. The van der Waals surface area contributed by atoms with Crippen LogP contribution in [-0.2, 0) is 0 Å². The van der Waals surface area contributed by atoms with Gasteiger partial charge in [0.05, 0.1) is 0 Å². The maximum absolute atomic E-state index is 5.16. The Kier molecular flexibility index (Phi) is 1.37. The Labute approximate surface area is 47.7 Å². The molecule has 0 radical (unpaired) electrons. The average molecular weight is 107 g/mol. The minimum atomic E-state index is 0.813. The van der Waals surface area contributed by atoms with E-state index in [2.05, 4.69) is 4.98 Å². The summed E-state index contributed by atoms with van der Waals surface area (Å²) >= 11 is 0. The van der Waals surface area contributed by atoms with Crippen LogP contribution in [0.1, 0.15) is 5.69 Å². The van der Waals surface area contributed by atoms with Gasteiger partial charge in [0.2, 0.25) is 0 Å². The first kappa shape index (κ1) is 4.97. The SMILES string of the molecule is [NH2+]=Cc1ccccn1. The van der Waals surface area contributed by atoms with Crippen molar-refractivity contribution in [3.8, 4) is 0 Å². The van der Waals surface area contributed by atoms with E-state index in [1.165, 1.54) is 6.21 Å². The van der Waals surface area contributed by atoms with Crippen LogP contribution in [0, 0.1) is 0 Å². The van der Waals surface area contributed by atoms with Gasteiger partial charge in [0.1, 0.15) is 5.69 Å². The number of nitrogens with two attached hydrogens (primary N) is 1. The molecule has 1 aromatic rings. The summed E-state index contributed by atoms with van der Waals surface area (Å²) in [6.07, 6.45) is 3.18. The van der Waals surface area contributed by atoms with E-state index in [1.54, 1.807) is 6.20 Å². The standard InChI is InChI=1S/C6H6N2/c7-5-6-3-1-2-4-8-6/h1-5,7H/p+1. The van der Waals surface area contributed by atoms with E-state index in [0.717, 1.165) is 5.69 Å². The fraction of sp³-hybridized carbons (Fsp3) is 0. The van der Waals surface area contributed by atoms with Crippen molar-refractivity contribution in [2.75, 3.05) is 0 Å². The summed E-state index contributed by atoms with van der Waals surface area (Å²) in [6.45, 7) is 0. The van der Waals surface area contributed by atoms with E-state index in [9.17, 15) is 0 Å². The number of hydrogen-bond donors (Lipinski definition) is 1. The van der Waals surface area contributed by atoms with Gasteiger partial charge in [0.25, 0.3) is 0 Å². The molecule has 0 unspecified atom stereocenters. The molecule has 2 N–H and O–H groups in total. The summed E-state index contributed by atoms with van der Waals surface area (Å²) < 4.78 is 0. The Hall–Kier alpha value is -1.18. The Bertz CT molecular complexity index is 169. The van der Waals surface area contributed by atoms with E-state index in [-0.39, 0.29) is 0 Å². The molecule has 1 aromatic heterocycles. The average Bonchev–Trinajstić information content (AvgIpc) is 1.90. The lowest BCUT2D eigenvalue weighted by molar-refractivity contribution is -0.104. The van der Waals surface area contributed by atoms with Gasteiger partial charge < -0.3 is 0 Å². The van der Waals surface area contributed by atoms with Crippen LogP contribution in [0.5, 0.6) is 0 Å². The van der Waals surface area contributed by atoms with Crippen molar-refractivity contribution in [1.29, 1.82) is 0 Å². The second-order valence-corrected chi connectivity index (χ2v) is 1.42. The van der Waals surface area contributed by atoms with Crippen LogP contribution in [0.2, 0.25) is 0 Å². The van der Waals surface area contributed by atoms with Gasteiger partial charge in [0.15, 0.2) is 6.21 Å². The normalized spacial score (nSPS) is 8.50. The molecule has 40 valence electrons. The third-order valence-corrected chi connectivity index (χ3v) is 0.859. The highest BCUT2D eigenvalue weighted by atomic mass is 14.7. The number of rotatable bonds is 1. The predicted octanol–water partition coefficient (Wildman–Crippen LogP) is -0.740. The number of aromatic nitrogens is 1. The quantitative estimate of drug-likeness (QED) is 0.472. The molecule has 1 heterocycles. The summed E-state index contributed by atoms with van der Waals surface area (Å²) in [5, 5.41) is 5.16. The highest BCUT2D eigenvalue weighted by molar-refractivity contribution is 5.70. The zero-order valence-electron chi connectivity index (χ0n) is 4.41. The van der Waals surface area contributed by atoms with Gasteiger partial charge in [-0.1, -0.05) is 6.07 Å². The maximum Gasteiger partial charge on any atom is 0.186 e. The van der Waals surface area contributed by atoms with Crippen molar-refractivity contribution < 1.29 is 5.41 Å². The Morgan fingerprint density at radius 3 is 2.75 bits per heavy atom. The first-order valence-corrected chi connectivity index (χ1v) is 2.39. The predicted molar refractivity (Wildman–Crippen MR) is 31.3 cm³/mol. The molecular weight excluding hydrogens is 100 g/mol. The highest BCUT2D eigenvalue weighted by Gasteiger charge is 1.83. The zero-order valence-corrected chi connectivity index (χ0v) is 4.41. The largest absolute Gasteiger partial charge is 0.259 e. The summed E-state index contributed by atoms with van der Waals surface area (Å²) in [5.41, 5.74) is 0.813. The van der Waals surface area contributed by atoms with Crippen LogP contribution in [0.4, 0.5) is 0 Å². The zero-order chi connectivity index (χ0) is 5.82. The van der Waals surface area contributed by atoms with Gasteiger partial charge in [-0.05, 0) is 12.1 Å². The second-order valence-electron chi connectivity index (χ2n) is 1.42. The van der Waals surface area contributed by atoms with Gasteiger partial charge in [-0.25, -0.2) is 0 Å². The lowest BCUT2D eigenvalue weighted by Crippen LogP contribution is -2.30. The number of pyridine rings is 1. The molecular formula is C6H7N2+.